The van der Waals surface area contributed by atoms with E-state index in [1.54, 1.807) is 31.5 Å². The number of rotatable bonds is 2. The van der Waals surface area contributed by atoms with Crippen molar-refractivity contribution < 1.29 is 9.53 Å². The fourth-order valence-corrected chi connectivity index (χ4v) is 2.88. The van der Waals surface area contributed by atoms with Gasteiger partial charge in [0, 0.05) is 25.5 Å². The molecule has 0 aromatic carbocycles. The van der Waals surface area contributed by atoms with Crippen LogP contribution in [0, 0.1) is 0 Å². The van der Waals surface area contributed by atoms with E-state index in [1.807, 2.05) is 23.9 Å². The van der Waals surface area contributed by atoms with Crippen LogP contribution in [0.4, 0.5) is 10.5 Å². The van der Waals surface area contributed by atoms with Crippen LogP contribution in [0.15, 0.2) is 23.3 Å². The van der Waals surface area contributed by atoms with Crippen LogP contribution in [0.5, 0.6) is 0 Å². The van der Waals surface area contributed by atoms with Crippen molar-refractivity contribution in [2.75, 3.05) is 5.32 Å². The monoisotopic (exact) mass is 317 g/mol. The highest BCUT2D eigenvalue weighted by atomic mass is 16.6. The molecule has 0 spiro atoms. The van der Waals surface area contributed by atoms with Crippen molar-refractivity contribution in [3.8, 4) is 0 Å². The van der Waals surface area contributed by atoms with Gasteiger partial charge in [0.1, 0.15) is 5.60 Å². The lowest BCUT2D eigenvalue weighted by molar-refractivity contribution is 0.0636. The third-order valence-electron chi connectivity index (χ3n) is 4.17. The third-order valence-corrected chi connectivity index (χ3v) is 4.17. The van der Waals surface area contributed by atoms with Crippen LogP contribution in [-0.4, -0.2) is 20.8 Å². The minimum absolute atomic E-state index is 0.0566. The predicted octanol–water partition coefficient (Wildman–Crippen LogP) is 3.41. The van der Waals surface area contributed by atoms with Crippen LogP contribution >= 0.6 is 0 Å². The Balaban J connectivity index is 2.00. The number of carbonyl (C=O) groups is 1. The molecule has 1 amide bonds. The van der Waals surface area contributed by atoms with Gasteiger partial charge in [0.15, 0.2) is 0 Å². The summed E-state index contributed by atoms with van der Waals surface area (Å²) in [5.74, 6) is 0. The standard InChI is InChI=1S/C17H23N3O3/c1-17(2,3)23-16(22)18-12-10-19(4)13-8-9-20(11-6-5-7-11)15(21)14(12)13/h8-11H,5-7H2,1-4H3,(H,18,22). The zero-order chi connectivity index (χ0) is 16.8. The maximum Gasteiger partial charge on any atom is 0.412 e. The Labute approximate surface area is 135 Å². The maximum atomic E-state index is 12.8. The van der Waals surface area contributed by atoms with Crippen LogP contribution in [-0.2, 0) is 11.8 Å². The van der Waals surface area contributed by atoms with Gasteiger partial charge in [-0.15, -0.1) is 0 Å². The van der Waals surface area contributed by atoms with Gasteiger partial charge in [0.25, 0.3) is 5.56 Å². The van der Waals surface area contributed by atoms with Gasteiger partial charge in [-0.05, 0) is 46.1 Å². The lowest BCUT2D eigenvalue weighted by Crippen LogP contribution is -2.29. The largest absolute Gasteiger partial charge is 0.444 e. The topological polar surface area (TPSA) is 65.3 Å². The molecule has 2 aromatic heterocycles. The van der Waals surface area contributed by atoms with E-state index in [0.717, 1.165) is 24.8 Å². The summed E-state index contributed by atoms with van der Waals surface area (Å²) in [6, 6.07) is 2.21. The highest BCUT2D eigenvalue weighted by molar-refractivity contribution is 5.99. The van der Waals surface area contributed by atoms with Gasteiger partial charge in [-0.2, -0.15) is 0 Å². The summed E-state index contributed by atoms with van der Waals surface area (Å²) in [7, 11) is 1.86. The molecule has 23 heavy (non-hydrogen) atoms. The minimum atomic E-state index is -0.583. The van der Waals surface area contributed by atoms with Crippen molar-refractivity contribution in [3.05, 3.63) is 28.8 Å². The van der Waals surface area contributed by atoms with E-state index in [4.69, 9.17) is 4.74 Å². The predicted molar refractivity (Wildman–Crippen MR) is 89.9 cm³/mol. The smallest absolute Gasteiger partial charge is 0.412 e. The first-order chi connectivity index (χ1) is 10.8. The van der Waals surface area contributed by atoms with Crippen LogP contribution in [0.1, 0.15) is 46.1 Å². The molecule has 1 N–H and O–H groups in total. The van der Waals surface area contributed by atoms with E-state index in [2.05, 4.69) is 5.32 Å². The molecule has 2 aromatic rings. The Morgan fingerprint density at radius 3 is 2.61 bits per heavy atom. The summed E-state index contributed by atoms with van der Waals surface area (Å²) in [5, 5.41) is 3.24. The maximum absolute atomic E-state index is 12.8. The first kappa shape index (κ1) is 15.6. The quantitative estimate of drug-likeness (QED) is 0.923. The molecule has 1 aliphatic carbocycles. The molecule has 2 heterocycles. The molecule has 0 bridgehead atoms. The van der Waals surface area contributed by atoms with Crippen LogP contribution in [0.2, 0.25) is 0 Å². The van der Waals surface area contributed by atoms with Crippen molar-refractivity contribution in [3.63, 3.8) is 0 Å². The summed E-state index contributed by atoms with van der Waals surface area (Å²) < 4.78 is 8.91. The summed E-state index contributed by atoms with van der Waals surface area (Å²) in [5.41, 5.74) is 0.659. The molecule has 1 aliphatic rings. The van der Waals surface area contributed by atoms with E-state index >= 15 is 0 Å². The second kappa shape index (κ2) is 5.44. The molecule has 0 unspecified atom stereocenters. The van der Waals surface area contributed by atoms with E-state index in [9.17, 15) is 9.59 Å². The number of aryl methyl sites for hydroxylation is 1. The molecular weight excluding hydrogens is 294 g/mol. The normalized spacial score (nSPS) is 15.5. The van der Waals surface area contributed by atoms with E-state index in [1.165, 1.54) is 0 Å². The number of ether oxygens (including phenoxy) is 1. The SMILES string of the molecule is Cn1cc(NC(=O)OC(C)(C)C)c2c(=O)n(C3CCC3)ccc21. The van der Waals surface area contributed by atoms with Gasteiger partial charge in [-0.1, -0.05) is 0 Å². The average Bonchev–Trinajstić information content (AvgIpc) is 2.65. The number of hydrogen-bond acceptors (Lipinski definition) is 3. The Morgan fingerprint density at radius 2 is 2.04 bits per heavy atom. The van der Waals surface area contributed by atoms with Crippen molar-refractivity contribution in [2.45, 2.75) is 51.7 Å². The van der Waals surface area contributed by atoms with E-state index in [-0.39, 0.29) is 11.6 Å². The van der Waals surface area contributed by atoms with Gasteiger partial charge in [-0.3, -0.25) is 10.1 Å². The van der Waals surface area contributed by atoms with Gasteiger partial charge in [0.2, 0.25) is 0 Å². The lowest BCUT2D eigenvalue weighted by Gasteiger charge is -2.27. The second-order valence-corrected chi connectivity index (χ2v) is 7.15. The minimum Gasteiger partial charge on any atom is -0.444 e. The zero-order valence-electron chi connectivity index (χ0n) is 14.0. The number of pyridine rings is 1. The van der Waals surface area contributed by atoms with E-state index in [0.29, 0.717) is 11.1 Å². The molecule has 1 saturated carbocycles. The molecule has 6 nitrogen and oxygen atoms in total. The highest BCUT2D eigenvalue weighted by Gasteiger charge is 2.23. The van der Waals surface area contributed by atoms with Gasteiger partial charge < -0.3 is 13.9 Å². The number of anilines is 1. The highest BCUT2D eigenvalue weighted by Crippen LogP contribution is 2.31. The summed E-state index contributed by atoms with van der Waals surface area (Å²) in [6.45, 7) is 5.41. The molecular formula is C17H23N3O3. The van der Waals surface area contributed by atoms with Crippen LogP contribution in [0.3, 0.4) is 0 Å². The number of nitrogens with one attached hydrogen (secondary N) is 1. The number of fused-ring (bicyclic) bond motifs is 1. The molecule has 0 aliphatic heterocycles. The van der Waals surface area contributed by atoms with Crippen LogP contribution < -0.4 is 10.9 Å². The molecule has 0 radical (unpaired) electrons. The second-order valence-electron chi connectivity index (χ2n) is 7.15. The molecule has 6 heteroatoms. The Bertz CT molecular complexity index is 807. The molecule has 3 rings (SSSR count). The fourth-order valence-electron chi connectivity index (χ4n) is 2.88. The number of amides is 1. The Hall–Kier alpha value is -2.24. The summed E-state index contributed by atoms with van der Waals surface area (Å²) in [4.78, 5) is 24.8. The van der Waals surface area contributed by atoms with Crippen molar-refractivity contribution in [2.24, 2.45) is 7.05 Å². The number of carbonyl (C=O) groups excluding carboxylic acids is 1. The molecule has 1 fully saturated rings. The zero-order valence-corrected chi connectivity index (χ0v) is 14.0. The van der Waals surface area contributed by atoms with Crippen molar-refractivity contribution in [1.29, 1.82) is 0 Å². The molecule has 0 atom stereocenters. The van der Waals surface area contributed by atoms with Crippen molar-refractivity contribution >= 4 is 22.7 Å². The number of hydrogen-bond donors (Lipinski definition) is 1. The first-order valence-electron chi connectivity index (χ1n) is 7.96. The number of nitrogens with zero attached hydrogens (tertiary/aromatic N) is 2. The first-order valence-corrected chi connectivity index (χ1v) is 7.96. The van der Waals surface area contributed by atoms with E-state index < -0.39 is 11.7 Å². The summed E-state index contributed by atoms with van der Waals surface area (Å²) >= 11 is 0. The molecule has 124 valence electrons. The third kappa shape index (κ3) is 2.98. The Kier molecular flexibility index (Phi) is 3.70. The van der Waals surface area contributed by atoms with Crippen molar-refractivity contribution in [1.82, 2.24) is 9.13 Å². The Morgan fingerprint density at radius 1 is 1.35 bits per heavy atom. The molecule has 0 saturated heterocycles. The van der Waals surface area contributed by atoms with Gasteiger partial charge >= 0.3 is 6.09 Å². The van der Waals surface area contributed by atoms with Crippen LogP contribution in [0.25, 0.3) is 10.9 Å². The summed E-state index contributed by atoms with van der Waals surface area (Å²) in [6.07, 6.45) is 6.28. The van der Waals surface area contributed by atoms with Gasteiger partial charge in [-0.25, -0.2) is 4.79 Å². The lowest BCUT2D eigenvalue weighted by atomic mass is 9.93. The average molecular weight is 317 g/mol. The number of aromatic nitrogens is 2. The van der Waals surface area contributed by atoms with Gasteiger partial charge in [0.05, 0.1) is 16.6 Å². The fraction of sp³-hybridized carbons (Fsp3) is 0.529.